The lowest BCUT2D eigenvalue weighted by molar-refractivity contribution is 0.102. The summed E-state index contributed by atoms with van der Waals surface area (Å²) in [6.07, 6.45) is 9.64. The Balaban J connectivity index is 1.88. The van der Waals surface area contributed by atoms with Crippen LogP contribution in [0.5, 0.6) is 0 Å². The van der Waals surface area contributed by atoms with Crippen molar-refractivity contribution in [2.75, 3.05) is 5.32 Å². The van der Waals surface area contributed by atoms with E-state index >= 15 is 0 Å². The minimum atomic E-state index is -0.264. The molecular weight excluding hydrogens is 326 g/mol. The number of aromatic amines is 1. The van der Waals surface area contributed by atoms with Gasteiger partial charge in [0.05, 0.1) is 17.3 Å². The average Bonchev–Trinajstić information content (AvgIpc) is 3.03. The number of amides is 1. The van der Waals surface area contributed by atoms with Crippen LogP contribution in [-0.2, 0) is 0 Å². The summed E-state index contributed by atoms with van der Waals surface area (Å²) in [7, 11) is 0. The van der Waals surface area contributed by atoms with Crippen molar-refractivity contribution < 1.29 is 4.79 Å². The van der Waals surface area contributed by atoms with Gasteiger partial charge in [-0.05, 0) is 45.4 Å². The molecule has 0 aliphatic rings. The van der Waals surface area contributed by atoms with Gasteiger partial charge in [0.1, 0.15) is 11.3 Å². The predicted octanol–water partition coefficient (Wildman–Crippen LogP) is 4.36. The Morgan fingerprint density at radius 3 is 2.81 bits per heavy atom. The first-order valence-corrected chi connectivity index (χ1v) is 8.39. The summed E-state index contributed by atoms with van der Waals surface area (Å²) in [5.74, 6) is 0.876. The molecule has 3 rings (SSSR count). The SMILES string of the molecule is CC(C)=CC/C(C)=C/c1nc2c(C(=O)Nc3cnccn3)cccc2[nH]1. The highest BCUT2D eigenvalue weighted by Crippen LogP contribution is 2.19. The van der Waals surface area contributed by atoms with Crippen molar-refractivity contribution in [1.29, 1.82) is 0 Å². The number of anilines is 1. The van der Waals surface area contributed by atoms with Crippen molar-refractivity contribution in [3.8, 4) is 0 Å². The number of carbonyl (C=O) groups is 1. The van der Waals surface area contributed by atoms with E-state index in [1.165, 1.54) is 23.5 Å². The van der Waals surface area contributed by atoms with E-state index in [4.69, 9.17) is 0 Å². The molecule has 6 nitrogen and oxygen atoms in total. The largest absolute Gasteiger partial charge is 0.338 e. The molecule has 0 radical (unpaired) electrons. The Bertz CT molecular complexity index is 982. The second-order valence-electron chi connectivity index (χ2n) is 6.34. The van der Waals surface area contributed by atoms with Crippen LogP contribution in [0.2, 0.25) is 0 Å². The number of H-pyrrole nitrogens is 1. The standard InChI is InChI=1S/C20H21N5O/c1-13(2)7-8-14(3)11-17-23-16-6-4-5-15(19(16)24-17)20(26)25-18-12-21-9-10-22-18/h4-7,9-12H,8H2,1-3H3,(H,23,24)(H,22,25,26)/b14-11+. The van der Waals surface area contributed by atoms with Crippen LogP contribution in [-0.4, -0.2) is 25.8 Å². The van der Waals surface area contributed by atoms with Gasteiger partial charge in [-0.2, -0.15) is 0 Å². The highest BCUT2D eigenvalue weighted by atomic mass is 16.1. The molecule has 3 aromatic rings. The summed E-state index contributed by atoms with van der Waals surface area (Å²) in [4.78, 5) is 28.4. The number of rotatable bonds is 5. The summed E-state index contributed by atoms with van der Waals surface area (Å²) in [5, 5.41) is 2.74. The van der Waals surface area contributed by atoms with Crippen molar-refractivity contribution in [2.24, 2.45) is 0 Å². The first kappa shape index (κ1) is 17.5. The fourth-order valence-corrected chi connectivity index (χ4v) is 2.51. The van der Waals surface area contributed by atoms with Gasteiger partial charge in [0.25, 0.3) is 5.91 Å². The van der Waals surface area contributed by atoms with E-state index < -0.39 is 0 Å². The molecule has 1 amide bonds. The van der Waals surface area contributed by atoms with Gasteiger partial charge in [0, 0.05) is 12.4 Å². The molecule has 0 bridgehead atoms. The smallest absolute Gasteiger partial charge is 0.259 e. The maximum absolute atomic E-state index is 12.6. The Kier molecular flexibility index (Phi) is 5.22. The number of carbonyl (C=O) groups excluding carboxylic acids is 1. The average molecular weight is 347 g/mol. The topological polar surface area (TPSA) is 83.6 Å². The third-order valence-corrected chi connectivity index (χ3v) is 3.80. The molecule has 0 unspecified atom stereocenters. The molecule has 2 aromatic heterocycles. The molecular formula is C20H21N5O. The zero-order valence-electron chi connectivity index (χ0n) is 15.1. The lowest BCUT2D eigenvalue weighted by Gasteiger charge is -2.03. The van der Waals surface area contributed by atoms with Crippen molar-refractivity contribution >= 4 is 28.8 Å². The molecule has 132 valence electrons. The minimum Gasteiger partial charge on any atom is -0.338 e. The molecule has 0 aliphatic carbocycles. The van der Waals surface area contributed by atoms with Gasteiger partial charge in [-0.15, -0.1) is 0 Å². The molecule has 1 aromatic carbocycles. The minimum absolute atomic E-state index is 0.264. The Labute approximate surface area is 152 Å². The number of imidazole rings is 1. The highest BCUT2D eigenvalue weighted by Gasteiger charge is 2.14. The monoisotopic (exact) mass is 347 g/mol. The van der Waals surface area contributed by atoms with E-state index in [1.54, 1.807) is 12.3 Å². The molecule has 2 heterocycles. The number of allylic oxidation sites excluding steroid dienone is 3. The third-order valence-electron chi connectivity index (χ3n) is 3.80. The maximum Gasteiger partial charge on any atom is 0.259 e. The third kappa shape index (κ3) is 4.22. The molecule has 0 atom stereocenters. The molecule has 6 heteroatoms. The van der Waals surface area contributed by atoms with Crippen LogP contribution in [0, 0.1) is 0 Å². The van der Waals surface area contributed by atoms with Crippen LogP contribution in [0.4, 0.5) is 5.82 Å². The van der Waals surface area contributed by atoms with Gasteiger partial charge in [-0.1, -0.05) is 23.3 Å². The van der Waals surface area contributed by atoms with Crippen LogP contribution in [0.15, 0.2) is 54.0 Å². The number of nitrogens with zero attached hydrogens (tertiary/aromatic N) is 3. The van der Waals surface area contributed by atoms with Crippen LogP contribution >= 0.6 is 0 Å². The highest BCUT2D eigenvalue weighted by molar-refractivity contribution is 6.11. The van der Waals surface area contributed by atoms with E-state index in [1.807, 2.05) is 18.2 Å². The quantitative estimate of drug-likeness (QED) is 0.672. The summed E-state index contributed by atoms with van der Waals surface area (Å²) in [6.45, 7) is 6.22. The second kappa shape index (κ2) is 7.74. The van der Waals surface area contributed by atoms with Crippen LogP contribution in [0.3, 0.4) is 0 Å². The molecule has 0 spiro atoms. The van der Waals surface area contributed by atoms with Crippen LogP contribution < -0.4 is 5.32 Å². The fourth-order valence-electron chi connectivity index (χ4n) is 2.51. The lowest BCUT2D eigenvalue weighted by Crippen LogP contribution is -2.13. The number of hydrogen-bond donors (Lipinski definition) is 2. The number of aromatic nitrogens is 4. The van der Waals surface area contributed by atoms with Crippen LogP contribution in [0.25, 0.3) is 17.1 Å². The summed E-state index contributed by atoms with van der Waals surface area (Å²) >= 11 is 0. The van der Waals surface area contributed by atoms with Crippen molar-refractivity contribution in [2.45, 2.75) is 27.2 Å². The first-order valence-electron chi connectivity index (χ1n) is 8.39. The van der Waals surface area contributed by atoms with Gasteiger partial charge in [0.15, 0.2) is 5.82 Å². The van der Waals surface area contributed by atoms with E-state index in [-0.39, 0.29) is 5.91 Å². The fraction of sp³-hybridized carbons (Fsp3) is 0.200. The molecule has 0 fully saturated rings. The van der Waals surface area contributed by atoms with Gasteiger partial charge < -0.3 is 10.3 Å². The Morgan fingerprint density at radius 1 is 1.23 bits per heavy atom. The zero-order chi connectivity index (χ0) is 18.5. The molecule has 0 saturated carbocycles. The van der Waals surface area contributed by atoms with Gasteiger partial charge >= 0.3 is 0 Å². The number of hydrogen-bond acceptors (Lipinski definition) is 4. The Morgan fingerprint density at radius 2 is 2.08 bits per heavy atom. The summed E-state index contributed by atoms with van der Waals surface area (Å²) in [5.41, 5.74) is 4.42. The van der Waals surface area contributed by atoms with Gasteiger partial charge in [0.2, 0.25) is 0 Å². The number of para-hydroxylation sites is 1. The zero-order valence-corrected chi connectivity index (χ0v) is 15.1. The molecule has 26 heavy (non-hydrogen) atoms. The van der Waals surface area contributed by atoms with Gasteiger partial charge in [-0.3, -0.25) is 9.78 Å². The van der Waals surface area contributed by atoms with E-state index in [0.29, 0.717) is 16.9 Å². The molecule has 0 aliphatic heterocycles. The first-order chi connectivity index (χ1) is 12.5. The number of benzene rings is 1. The number of nitrogens with one attached hydrogen (secondary N) is 2. The predicted molar refractivity (Wildman–Crippen MR) is 104 cm³/mol. The van der Waals surface area contributed by atoms with E-state index in [0.717, 1.165) is 17.8 Å². The van der Waals surface area contributed by atoms with E-state index in [9.17, 15) is 4.79 Å². The lowest BCUT2D eigenvalue weighted by atomic mass is 10.1. The second-order valence-corrected chi connectivity index (χ2v) is 6.34. The Hall–Kier alpha value is -3.28. The number of fused-ring (bicyclic) bond motifs is 1. The van der Waals surface area contributed by atoms with Crippen molar-refractivity contribution in [3.05, 3.63) is 65.4 Å². The van der Waals surface area contributed by atoms with Gasteiger partial charge in [-0.25, -0.2) is 9.97 Å². The summed E-state index contributed by atoms with van der Waals surface area (Å²) < 4.78 is 0. The van der Waals surface area contributed by atoms with E-state index in [2.05, 4.69) is 52.1 Å². The normalized spacial score (nSPS) is 11.4. The van der Waals surface area contributed by atoms with Crippen LogP contribution in [0.1, 0.15) is 43.4 Å². The summed E-state index contributed by atoms with van der Waals surface area (Å²) in [6, 6.07) is 5.48. The molecule has 2 N–H and O–H groups in total. The van der Waals surface area contributed by atoms with Crippen molar-refractivity contribution in [1.82, 2.24) is 19.9 Å². The van der Waals surface area contributed by atoms with Crippen molar-refractivity contribution in [3.63, 3.8) is 0 Å². The molecule has 0 saturated heterocycles. The maximum atomic E-state index is 12.6.